The molecule has 0 aliphatic heterocycles. The first-order valence-electron chi connectivity index (χ1n) is 6.91. The van der Waals surface area contributed by atoms with Gasteiger partial charge in [-0.05, 0) is 12.1 Å². The summed E-state index contributed by atoms with van der Waals surface area (Å²) in [6.45, 7) is 5.44. The Morgan fingerprint density at radius 3 is 2.46 bits per heavy atom. The fourth-order valence-corrected chi connectivity index (χ4v) is 2.48. The van der Waals surface area contributed by atoms with Crippen molar-refractivity contribution in [2.75, 3.05) is 0 Å². The number of nitrogens with zero attached hydrogens (tertiary/aromatic N) is 2. The van der Waals surface area contributed by atoms with E-state index in [0.717, 1.165) is 22.9 Å². The van der Waals surface area contributed by atoms with Crippen molar-refractivity contribution in [3.63, 3.8) is 0 Å². The molecule has 128 valence electrons. The van der Waals surface area contributed by atoms with Gasteiger partial charge in [-0.25, -0.2) is 4.79 Å². The van der Waals surface area contributed by atoms with Crippen LogP contribution in [0.1, 0.15) is 42.5 Å². The summed E-state index contributed by atoms with van der Waals surface area (Å²) >= 11 is 5.83. The van der Waals surface area contributed by atoms with Gasteiger partial charge < -0.3 is 9.63 Å². The van der Waals surface area contributed by atoms with Crippen molar-refractivity contribution in [2.24, 2.45) is 0 Å². The molecule has 1 N–H and O–H groups in total. The van der Waals surface area contributed by atoms with Gasteiger partial charge in [-0.1, -0.05) is 20.8 Å². The van der Waals surface area contributed by atoms with Gasteiger partial charge in [0, 0.05) is 11.5 Å². The summed E-state index contributed by atoms with van der Waals surface area (Å²) in [7, 11) is 0. The third kappa shape index (κ3) is 3.05. The smallest absolute Gasteiger partial charge is 0.335 e. The zero-order chi connectivity index (χ0) is 18.2. The van der Waals surface area contributed by atoms with E-state index in [0.29, 0.717) is 5.76 Å². The number of halogens is 1. The van der Waals surface area contributed by atoms with Crippen molar-refractivity contribution >= 4 is 23.3 Å². The number of alkyl halides is 1. The highest BCUT2D eigenvalue weighted by molar-refractivity contribution is 6.17. The monoisotopic (exact) mass is 354 g/mol. The maximum absolute atomic E-state index is 12.5. The second-order valence-electron chi connectivity index (χ2n) is 6.15. The summed E-state index contributed by atoms with van der Waals surface area (Å²) in [5, 5.41) is 20.2. The largest absolute Gasteiger partial charge is 0.478 e. The van der Waals surface area contributed by atoms with Crippen LogP contribution in [0.5, 0.6) is 0 Å². The molecule has 8 nitrogen and oxygen atoms in total. The van der Waals surface area contributed by atoms with Crippen LogP contribution in [0.25, 0.3) is 5.69 Å². The fraction of sp³-hybridized carbons (Fsp3) is 0.333. The third-order valence-electron chi connectivity index (χ3n) is 3.35. The first-order valence-corrected chi connectivity index (χ1v) is 7.45. The molecule has 24 heavy (non-hydrogen) atoms. The van der Waals surface area contributed by atoms with Crippen molar-refractivity contribution in [3.05, 3.63) is 55.6 Å². The number of aromatic nitrogens is 1. The SMILES string of the molecule is CC(C)(C)c1on(-c2ccc(C(=O)O)cc2[N+](=O)[O-])c(=O)c1CCl. The van der Waals surface area contributed by atoms with Crippen molar-refractivity contribution < 1.29 is 19.3 Å². The maximum atomic E-state index is 12.5. The lowest BCUT2D eigenvalue weighted by molar-refractivity contribution is -0.384. The summed E-state index contributed by atoms with van der Waals surface area (Å²) < 4.78 is 6.33. The molecule has 1 aromatic heterocycles. The van der Waals surface area contributed by atoms with Gasteiger partial charge in [0.25, 0.3) is 11.2 Å². The van der Waals surface area contributed by atoms with Crippen LogP contribution in [0.4, 0.5) is 5.69 Å². The van der Waals surface area contributed by atoms with Gasteiger partial charge in [0.2, 0.25) is 0 Å². The van der Waals surface area contributed by atoms with Crippen LogP contribution in [0.2, 0.25) is 0 Å². The average molecular weight is 355 g/mol. The second kappa shape index (κ2) is 6.12. The van der Waals surface area contributed by atoms with Gasteiger partial charge in [-0.3, -0.25) is 14.9 Å². The lowest BCUT2D eigenvalue weighted by Crippen LogP contribution is -2.18. The molecule has 0 aliphatic rings. The van der Waals surface area contributed by atoms with Crippen LogP contribution < -0.4 is 5.56 Å². The van der Waals surface area contributed by atoms with Crippen molar-refractivity contribution in [2.45, 2.75) is 32.1 Å². The Bertz CT molecular complexity index is 875. The van der Waals surface area contributed by atoms with E-state index in [9.17, 15) is 19.7 Å². The zero-order valence-corrected chi connectivity index (χ0v) is 14.0. The van der Waals surface area contributed by atoms with E-state index in [-0.39, 0.29) is 22.7 Å². The lowest BCUT2D eigenvalue weighted by atomic mass is 9.91. The number of carboxylic acid groups (broad SMARTS) is 1. The predicted octanol–water partition coefficient (Wildman–Crippen LogP) is 3.07. The molecule has 0 saturated heterocycles. The van der Waals surface area contributed by atoms with E-state index in [1.165, 1.54) is 0 Å². The molecular formula is C15H15ClN2O6. The highest BCUT2D eigenvalue weighted by atomic mass is 35.5. The average Bonchev–Trinajstić information content (AvgIpc) is 2.83. The van der Waals surface area contributed by atoms with Gasteiger partial charge >= 0.3 is 5.97 Å². The number of carbonyl (C=O) groups is 1. The molecule has 0 amide bonds. The normalized spacial score (nSPS) is 11.5. The zero-order valence-electron chi connectivity index (χ0n) is 13.2. The van der Waals surface area contributed by atoms with Crippen LogP contribution in [0.3, 0.4) is 0 Å². The maximum Gasteiger partial charge on any atom is 0.335 e. The lowest BCUT2D eigenvalue weighted by Gasteiger charge is -2.15. The Balaban J connectivity index is 2.78. The van der Waals surface area contributed by atoms with Crippen molar-refractivity contribution in [1.29, 1.82) is 0 Å². The fourth-order valence-electron chi connectivity index (χ4n) is 2.25. The Labute approximate surface area is 141 Å². The molecule has 1 heterocycles. The topological polar surface area (TPSA) is 116 Å². The molecule has 9 heteroatoms. The third-order valence-corrected chi connectivity index (χ3v) is 3.62. The van der Waals surface area contributed by atoms with E-state index in [4.69, 9.17) is 21.2 Å². The number of hydrogen-bond acceptors (Lipinski definition) is 5. The van der Waals surface area contributed by atoms with Crippen LogP contribution in [0, 0.1) is 10.1 Å². The van der Waals surface area contributed by atoms with Crippen LogP contribution in [0.15, 0.2) is 27.5 Å². The summed E-state index contributed by atoms with van der Waals surface area (Å²) in [5.41, 5.74) is -1.91. The molecule has 0 spiro atoms. The Kier molecular flexibility index (Phi) is 4.52. The molecule has 0 aliphatic carbocycles. The molecule has 0 unspecified atom stereocenters. The Morgan fingerprint density at radius 2 is 2.04 bits per heavy atom. The Hall–Kier alpha value is -2.61. The molecule has 0 atom stereocenters. The van der Waals surface area contributed by atoms with Crippen LogP contribution in [-0.4, -0.2) is 20.7 Å². The Morgan fingerprint density at radius 1 is 1.42 bits per heavy atom. The van der Waals surface area contributed by atoms with E-state index in [2.05, 4.69) is 0 Å². The minimum Gasteiger partial charge on any atom is -0.478 e. The number of nitro groups is 1. The number of benzene rings is 1. The first kappa shape index (κ1) is 17.7. The molecule has 1 aromatic carbocycles. The molecule has 0 radical (unpaired) electrons. The van der Waals surface area contributed by atoms with Crippen molar-refractivity contribution in [3.8, 4) is 5.69 Å². The second-order valence-corrected chi connectivity index (χ2v) is 6.42. The summed E-state index contributed by atoms with van der Waals surface area (Å²) in [6.07, 6.45) is 0. The van der Waals surface area contributed by atoms with Gasteiger partial charge in [0.05, 0.1) is 21.9 Å². The summed E-state index contributed by atoms with van der Waals surface area (Å²) in [5.74, 6) is -1.10. The number of aromatic carboxylic acids is 1. The summed E-state index contributed by atoms with van der Waals surface area (Å²) in [4.78, 5) is 34.0. The molecule has 0 bridgehead atoms. The van der Waals surface area contributed by atoms with Crippen LogP contribution >= 0.6 is 11.6 Å². The van der Waals surface area contributed by atoms with Gasteiger partial charge in [0.15, 0.2) is 5.69 Å². The number of nitro benzene ring substituents is 1. The molecule has 2 rings (SSSR count). The van der Waals surface area contributed by atoms with Gasteiger partial charge in [-0.2, -0.15) is 0 Å². The molecule has 0 fully saturated rings. The van der Waals surface area contributed by atoms with E-state index in [1.807, 2.05) is 20.8 Å². The standard InChI is InChI=1S/C15H15ClN2O6/c1-15(2,3)12-9(7-16)13(19)17(24-12)10-5-4-8(14(20)21)6-11(10)18(22)23/h4-6H,7H2,1-3H3,(H,20,21). The summed E-state index contributed by atoms with van der Waals surface area (Å²) in [6, 6.07) is 3.21. The van der Waals surface area contributed by atoms with Gasteiger partial charge in [-0.15, -0.1) is 16.3 Å². The van der Waals surface area contributed by atoms with E-state index >= 15 is 0 Å². The van der Waals surface area contributed by atoms with Crippen molar-refractivity contribution in [1.82, 2.24) is 4.74 Å². The first-order chi connectivity index (χ1) is 11.1. The van der Waals surface area contributed by atoms with Gasteiger partial charge in [0.1, 0.15) is 5.76 Å². The molecule has 0 saturated carbocycles. The highest BCUT2D eigenvalue weighted by Crippen LogP contribution is 2.29. The molecule has 2 aromatic rings. The van der Waals surface area contributed by atoms with Crippen LogP contribution in [-0.2, 0) is 11.3 Å². The molecular weight excluding hydrogens is 340 g/mol. The minimum atomic E-state index is -1.31. The minimum absolute atomic E-state index is 0.108. The number of rotatable bonds is 4. The van der Waals surface area contributed by atoms with E-state index in [1.54, 1.807) is 0 Å². The number of hydrogen-bond donors (Lipinski definition) is 1. The predicted molar refractivity (Wildman–Crippen MR) is 86.2 cm³/mol. The quantitative estimate of drug-likeness (QED) is 0.512. The number of carboxylic acids is 1. The highest BCUT2D eigenvalue weighted by Gasteiger charge is 2.30. The van der Waals surface area contributed by atoms with E-state index < -0.39 is 27.6 Å².